The molecule has 82 valence electrons. The molecule has 2 aromatic rings. The molecule has 1 nitrogen and oxygen atoms in total. The first-order valence-electron chi connectivity index (χ1n) is 4.95. The number of halogens is 1. The summed E-state index contributed by atoms with van der Waals surface area (Å²) in [5, 5.41) is 0. The topological polar surface area (TPSA) is 17.1 Å². The maximum absolute atomic E-state index is 13.0. The van der Waals surface area contributed by atoms with Crippen LogP contribution < -0.4 is 0 Å². The molecular formula is C13H11FOS. The molecule has 0 aliphatic rings. The number of carbonyl (C=O) groups is 1. The second-order valence-electron chi connectivity index (χ2n) is 3.67. The molecule has 1 aromatic carbocycles. The van der Waals surface area contributed by atoms with Gasteiger partial charge in [-0.15, -0.1) is 11.3 Å². The normalized spacial score (nSPS) is 10.4. The zero-order chi connectivity index (χ0) is 11.7. The minimum absolute atomic E-state index is 0.110. The van der Waals surface area contributed by atoms with Crippen molar-refractivity contribution in [2.24, 2.45) is 0 Å². The van der Waals surface area contributed by atoms with Crippen molar-refractivity contribution in [2.75, 3.05) is 0 Å². The van der Waals surface area contributed by atoms with Crippen LogP contribution in [0.5, 0.6) is 0 Å². The van der Waals surface area contributed by atoms with Crippen molar-refractivity contribution in [1.29, 1.82) is 0 Å². The molecule has 1 heterocycles. The number of ketones is 1. The zero-order valence-corrected chi connectivity index (χ0v) is 9.90. The Balaban J connectivity index is 2.43. The molecule has 0 N–H and O–H groups in total. The van der Waals surface area contributed by atoms with Gasteiger partial charge in [-0.25, -0.2) is 4.39 Å². The molecule has 0 aliphatic carbocycles. The van der Waals surface area contributed by atoms with E-state index in [1.54, 1.807) is 23.5 Å². The summed E-state index contributed by atoms with van der Waals surface area (Å²) in [6.45, 7) is 3.87. The van der Waals surface area contributed by atoms with Gasteiger partial charge in [-0.2, -0.15) is 0 Å². The second kappa shape index (κ2) is 4.18. The van der Waals surface area contributed by atoms with E-state index in [-0.39, 0.29) is 11.6 Å². The van der Waals surface area contributed by atoms with Crippen LogP contribution in [0.25, 0.3) is 0 Å². The summed E-state index contributed by atoms with van der Waals surface area (Å²) < 4.78 is 13.0. The van der Waals surface area contributed by atoms with Gasteiger partial charge in [-0.3, -0.25) is 4.79 Å². The third kappa shape index (κ3) is 2.04. The summed E-state index contributed by atoms with van der Waals surface area (Å²) in [7, 11) is 0. The molecule has 0 fully saturated rings. The maximum atomic E-state index is 13.0. The van der Waals surface area contributed by atoms with Gasteiger partial charge in [0.05, 0.1) is 0 Å². The van der Waals surface area contributed by atoms with E-state index in [0.717, 1.165) is 9.75 Å². The number of thiophene rings is 1. The largest absolute Gasteiger partial charge is 0.289 e. The summed E-state index contributed by atoms with van der Waals surface area (Å²) in [6.07, 6.45) is 0. The standard InChI is InChI=1S/C13H11FOS/c1-8-6-12(9(2)16-8)13(15)10-4-3-5-11(14)7-10/h3-7H,1-2H3. The van der Waals surface area contributed by atoms with Gasteiger partial charge in [0.25, 0.3) is 0 Å². The van der Waals surface area contributed by atoms with Crippen molar-refractivity contribution < 1.29 is 9.18 Å². The predicted octanol–water partition coefficient (Wildman–Crippen LogP) is 3.74. The molecule has 0 atom stereocenters. The molecule has 0 amide bonds. The van der Waals surface area contributed by atoms with E-state index in [2.05, 4.69) is 0 Å². The molecule has 0 bridgehead atoms. The Hall–Kier alpha value is -1.48. The molecule has 0 spiro atoms. The van der Waals surface area contributed by atoms with Gasteiger partial charge in [-0.1, -0.05) is 12.1 Å². The quantitative estimate of drug-likeness (QED) is 0.723. The third-order valence-electron chi connectivity index (χ3n) is 2.37. The van der Waals surface area contributed by atoms with E-state index >= 15 is 0 Å². The van der Waals surface area contributed by atoms with Crippen LogP contribution in [-0.2, 0) is 0 Å². The molecule has 2 rings (SSSR count). The molecule has 0 radical (unpaired) electrons. The van der Waals surface area contributed by atoms with E-state index in [1.165, 1.54) is 12.1 Å². The van der Waals surface area contributed by atoms with Gasteiger partial charge in [0, 0.05) is 20.9 Å². The van der Waals surface area contributed by atoms with Crippen molar-refractivity contribution in [2.45, 2.75) is 13.8 Å². The van der Waals surface area contributed by atoms with Crippen LogP contribution in [0.4, 0.5) is 4.39 Å². The average Bonchev–Trinajstić information content (AvgIpc) is 2.57. The fourth-order valence-corrected chi connectivity index (χ4v) is 2.56. The Kier molecular flexibility index (Phi) is 2.88. The monoisotopic (exact) mass is 234 g/mol. The number of hydrogen-bond donors (Lipinski definition) is 0. The number of hydrogen-bond acceptors (Lipinski definition) is 2. The lowest BCUT2D eigenvalue weighted by molar-refractivity contribution is 0.103. The van der Waals surface area contributed by atoms with E-state index in [0.29, 0.717) is 11.1 Å². The van der Waals surface area contributed by atoms with Crippen LogP contribution in [-0.4, -0.2) is 5.78 Å². The summed E-state index contributed by atoms with van der Waals surface area (Å²) >= 11 is 1.58. The van der Waals surface area contributed by atoms with Crippen LogP contribution >= 0.6 is 11.3 Å². The van der Waals surface area contributed by atoms with Crippen LogP contribution in [0.3, 0.4) is 0 Å². The van der Waals surface area contributed by atoms with Crippen LogP contribution in [0.15, 0.2) is 30.3 Å². The van der Waals surface area contributed by atoms with Gasteiger partial charge in [0.2, 0.25) is 0 Å². The predicted molar refractivity (Wildman–Crippen MR) is 63.6 cm³/mol. The van der Waals surface area contributed by atoms with E-state index in [9.17, 15) is 9.18 Å². The number of aryl methyl sites for hydroxylation is 2. The Morgan fingerprint density at radius 3 is 2.56 bits per heavy atom. The smallest absolute Gasteiger partial charge is 0.194 e. The van der Waals surface area contributed by atoms with E-state index in [1.807, 2.05) is 19.9 Å². The highest BCUT2D eigenvalue weighted by atomic mass is 32.1. The average molecular weight is 234 g/mol. The molecule has 1 aromatic heterocycles. The summed E-state index contributed by atoms with van der Waals surface area (Å²) in [6, 6.07) is 7.65. The van der Waals surface area contributed by atoms with Gasteiger partial charge in [0.1, 0.15) is 5.82 Å². The third-order valence-corrected chi connectivity index (χ3v) is 3.34. The lowest BCUT2D eigenvalue weighted by Gasteiger charge is -1.99. The molecule has 0 aliphatic heterocycles. The fourth-order valence-electron chi connectivity index (χ4n) is 1.64. The van der Waals surface area contributed by atoms with E-state index < -0.39 is 0 Å². The first kappa shape index (κ1) is 11.0. The lowest BCUT2D eigenvalue weighted by atomic mass is 10.0. The van der Waals surface area contributed by atoms with Gasteiger partial charge < -0.3 is 0 Å². The number of benzene rings is 1. The maximum Gasteiger partial charge on any atom is 0.194 e. The van der Waals surface area contributed by atoms with Gasteiger partial charge in [0.15, 0.2) is 5.78 Å². The zero-order valence-electron chi connectivity index (χ0n) is 9.08. The highest BCUT2D eigenvalue weighted by molar-refractivity contribution is 7.12. The van der Waals surface area contributed by atoms with Crippen molar-refractivity contribution in [1.82, 2.24) is 0 Å². The minimum atomic E-state index is -0.379. The molecule has 0 saturated carbocycles. The SMILES string of the molecule is Cc1cc(C(=O)c2cccc(F)c2)c(C)s1. The molecule has 3 heteroatoms. The molecule has 0 unspecified atom stereocenters. The lowest BCUT2D eigenvalue weighted by Crippen LogP contribution is -2.01. The first-order valence-corrected chi connectivity index (χ1v) is 5.77. The summed E-state index contributed by atoms with van der Waals surface area (Å²) in [5.41, 5.74) is 1.08. The number of rotatable bonds is 2. The van der Waals surface area contributed by atoms with Crippen molar-refractivity contribution in [3.05, 3.63) is 57.0 Å². The summed E-state index contributed by atoms with van der Waals surface area (Å²) in [5.74, 6) is -0.489. The minimum Gasteiger partial charge on any atom is -0.289 e. The first-order chi connectivity index (χ1) is 7.58. The van der Waals surface area contributed by atoms with Gasteiger partial charge in [-0.05, 0) is 32.0 Å². The summed E-state index contributed by atoms with van der Waals surface area (Å²) in [4.78, 5) is 14.1. The van der Waals surface area contributed by atoms with Crippen LogP contribution in [0.1, 0.15) is 25.7 Å². The highest BCUT2D eigenvalue weighted by Crippen LogP contribution is 2.23. The fraction of sp³-hybridized carbons (Fsp3) is 0.154. The highest BCUT2D eigenvalue weighted by Gasteiger charge is 2.14. The van der Waals surface area contributed by atoms with Gasteiger partial charge >= 0.3 is 0 Å². The van der Waals surface area contributed by atoms with Crippen LogP contribution in [0.2, 0.25) is 0 Å². The van der Waals surface area contributed by atoms with Crippen molar-refractivity contribution in [3.8, 4) is 0 Å². The second-order valence-corrected chi connectivity index (χ2v) is 5.13. The molecular weight excluding hydrogens is 223 g/mol. The Bertz CT molecular complexity index is 543. The van der Waals surface area contributed by atoms with Crippen molar-refractivity contribution in [3.63, 3.8) is 0 Å². The van der Waals surface area contributed by atoms with Crippen LogP contribution in [0, 0.1) is 19.7 Å². The molecule has 0 saturated heterocycles. The molecule has 16 heavy (non-hydrogen) atoms. The van der Waals surface area contributed by atoms with E-state index in [4.69, 9.17) is 0 Å². The number of carbonyl (C=O) groups excluding carboxylic acids is 1. The van der Waals surface area contributed by atoms with Crippen molar-refractivity contribution >= 4 is 17.1 Å². The Labute approximate surface area is 97.6 Å². The Morgan fingerprint density at radius 1 is 1.25 bits per heavy atom. The Morgan fingerprint density at radius 2 is 2.00 bits per heavy atom.